The maximum atomic E-state index is 5.57. The van der Waals surface area contributed by atoms with Crippen LogP contribution in [-0.2, 0) is 0 Å². The van der Waals surface area contributed by atoms with Gasteiger partial charge in [-0.2, -0.15) is 4.98 Å². The van der Waals surface area contributed by atoms with Crippen LogP contribution in [0.5, 0.6) is 17.6 Å². The van der Waals surface area contributed by atoms with Gasteiger partial charge in [0.15, 0.2) is 0 Å². The van der Waals surface area contributed by atoms with Crippen molar-refractivity contribution in [3.63, 3.8) is 0 Å². The Bertz CT molecular complexity index is 576. The predicted octanol–water partition coefficient (Wildman–Crippen LogP) is 4.11. The molecule has 0 spiro atoms. The van der Waals surface area contributed by atoms with Crippen LogP contribution >= 0.6 is 31.9 Å². The molecule has 18 heavy (non-hydrogen) atoms. The highest BCUT2D eigenvalue weighted by atomic mass is 79.9. The van der Waals surface area contributed by atoms with Crippen molar-refractivity contribution in [3.8, 4) is 17.6 Å². The Morgan fingerprint density at radius 3 is 2.61 bits per heavy atom. The molecule has 0 aliphatic heterocycles. The first kappa shape index (κ1) is 13.3. The Balaban J connectivity index is 2.25. The maximum absolute atomic E-state index is 5.57. The van der Waals surface area contributed by atoms with Crippen molar-refractivity contribution in [3.05, 3.63) is 38.9 Å². The van der Waals surface area contributed by atoms with Crippen LogP contribution in [0, 0.1) is 6.92 Å². The minimum atomic E-state index is 0.247. The van der Waals surface area contributed by atoms with Crippen molar-refractivity contribution >= 4 is 31.9 Å². The van der Waals surface area contributed by atoms with Crippen LogP contribution < -0.4 is 9.47 Å². The lowest BCUT2D eigenvalue weighted by atomic mass is 10.2. The second-order valence-corrected chi connectivity index (χ2v) is 5.23. The van der Waals surface area contributed by atoms with Gasteiger partial charge in [0.25, 0.3) is 0 Å². The largest absolute Gasteiger partial charge is 0.480 e. The molecule has 2 rings (SSSR count). The van der Waals surface area contributed by atoms with Crippen LogP contribution in [0.4, 0.5) is 0 Å². The summed E-state index contributed by atoms with van der Waals surface area (Å²) in [5.41, 5.74) is 1.08. The van der Waals surface area contributed by atoms with Gasteiger partial charge in [-0.1, -0.05) is 15.9 Å². The average Bonchev–Trinajstić information content (AvgIpc) is 2.36. The van der Waals surface area contributed by atoms with Gasteiger partial charge in [0.1, 0.15) is 5.75 Å². The monoisotopic (exact) mass is 372 g/mol. The standard InChI is InChI=1S/C12H10Br2N2O2/c1-7-5-8(3-4-9(7)13)18-12-15-6-10(14)11(16-12)17-2/h3-6H,1-2H3. The average molecular weight is 374 g/mol. The molecular weight excluding hydrogens is 364 g/mol. The molecule has 0 amide bonds. The van der Waals surface area contributed by atoms with Gasteiger partial charge in [-0.25, -0.2) is 4.98 Å². The van der Waals surface area contributed by atoms with Gasteiger partial charge in [0.2, 0.25) is 5.88 Å². The molecule has 0 fully saturated rings. The third-order valence-electron chi connectivity index (χ3n) is 2.22. The Labute approximate surface area is 122 Å². The Morgan fingerprint density at radius 1 is 1.17 bits per heavy atom. The summed E-state index contributed by atoms with van der Waals surface area (Å²) in [6, 6.07) is 5.91. The quantitative estimate of drug-likeness (QED) is 0.811. The molecule has 4 nitrogen and oxygen atoms in total. The number of nitrogens with zero attached hydrogens (tertiary/aromatic N) is 2. The molecule has 94 valence electrons. The van der Waals surface area contributed by atoms with Crippen LogP contribution in [0.15, 0.2) is 33.3 Å². The van der Waals surface area contributed by atoms with Crippen LogP contribution in [0.2, 0.25) is 0 Å². The first-order valence-corrected chi connectivity index (χ1v) is 6.69. The summed E-state index contributed by atoms with van der Waals surface area (Å²) < 4.78 is 12.4. The van der Waals surface area contributed by atoms with Crippen molar-refractivity contribution in [2.45, 2.75) is 6.92 Å². The van der Waals surface area contributed by atoms with E-state index in [0.717, 1.165) is 10.0 Å². The minimum absolute atomic E-state index is 0.247. The number of methoxy groups -OCH3 is 1. The van der Waals surface area contributed by atoms with E-state index >= 15 is 0 Å². The second kappa shape index (κ2) is 5.67. The third-order valence-corrected chi connectivity index (χ3v) is 3.66. The van der Waals surface area contributed by atoms with E-state index in [-0.39, 0.29) is 6.01 Å². The molecule has 6 heteroatoms. The van der Waals surface area contributed by atoms with Crippen molar-refractivity contribution < 1.29 is 9.47 Å². The van der Waals surface area contributed by atoms with Crippen LogP contribution in [0.25, 0.3) is 0 Å². The zero-order valence-corrected chi connectivity index (χ0v) is 12.9. The first-order valence-electron chi connectivity index (χ1n) is 5.10. The van der Waals surface area contributed by atoms with Crippen LogP contribution in [0.3, 0.4) is 0 Å². The Kier molecular flexibility index (Phi) is 4.19. The summed E-state index contributed by atoms with van der Waals surface area (Å²) >= 11 is 6.72. The van der Waals surface area contributed by atoms with E-state index in [4.69, 9.17) is 9.47 Å². The third kappa shape index (κ3) is 3.00. The molecule has 2 aromatic rings. The lowest BCUT2D eigenvalue weighted by Crippen LogP contribution is -1.96. The van der Waals surface area contributed by atoms with E-state index in [0.29, 0.717) is 16.1 Å². The number of halogens is 2. The van der Waals surface area contributed by atoms with E-state index < -0.39 is 0 Å². The number of hydrogen-bond acceptors (Lipinski definition) is 4. The molecule has 0 atom stereocenters. The van der Waals surface area contributed by atoms with Gasteiger partial charge in [-0.15, -0.1) is 0 Å². The van der Waals surface area contributed by atoms with E-state index in [1.807, 2.05) is 25.1 Å². The number of rotatable bonds is 3. The molecule has 0 bridgehead atoms. The first-order chi connectivity index (χ1) is 8.60. The SMILES string of the molecule is COc1nc(Oc2ccc(Br)c(C)c2)ncc1Br. The minimum Gasteiger partial charge on any atom is -0.480 e. The van der Waals surface area contributed by atoms with Gasteiger partial charge < -0.3 is 9.47 Å². The summed E-state index contributed by atoms with van der Waals surface area (Å²) in [6.07, 6.45) is 1.59. The maximum Gasteiger partial charge on any atom is 0.325 e. The van der Waals surface area contributed by atoms with E-state index in [1.165, 1.54) is 0 Å². The molecule has 0 radical (unpaired) electrons. The lowest BCUT2D eigenvalue weighted by molar-refractivity contribution is 0.373. The van der Waals surface area contributed by atoms with Crippen molar-refractivity contribution in [2.24, 2.45) is 0 Å². The zero-order valence-electron chi connectivity index (χ0n) is 9.78. The summed E-state index contributed by atoms with van der Waals surface area (Å²) in [6.45, 7) is 1.99. The number of hydrogen-bond donors (Lipinski definition) is 0. The van der Waals surface area contributed by atoms with E-state index in [2.05, 4.69) is 41.8 Å². The van der Waals surface area contributed by atoms with Gasteiger partial charge in [-0.05, 0) is 46.6 Å². The number of aromatic nitrogens is 2. The van der Waals surface area contributed by atoms with E-state index in [9.17, 15) is 0 Å². The second-order valence-electron chi connectivity index (χ2n) is 3.52. The summed E-state index contributed by atoms with van der Waals surface area (Å²) in [5, 5.41) is 0. The molecular formula is C12H10Br2N2O2. The molecule has 0 unspecified atom stereocenters. The summed E-state index contributed by atoms with van der Waals surface area (Å²) in [7, 11) is 1.54. The Hall–Kier alpha value is -1.14. The highest BCUT2D eigenvalue weighted by Crippen LogP contribution is 2.27. The fourth-order valence-electron chi connectivity index (χ4n) is 1.31. The molecule has 0 N–H and O–H groups in total. The van der Waals surface area contributed by atoms with E-state index in [1.54, 1.807) is 13.3 Å². The van der Waals surface area contributed by atoms with Crippen molar-refractivity contribution in [2.75, 3.05) is 7.11 Å². The van der Waals surface area contributed by atoms with Crippen LogP contribution in [-0.4, -0.2) is 17.1 Å². The summed E-state index contributed by atoms with van der Waals surface area (Å²) in [5.74, 6) is 1.12. The summed E-state index contributed by atoms with van der Waals surface area (Å²) in [4.78, 5) is 8.19. The number of ether oxygens (including phenoxy) is 2. The molecule has 1 aromatic heterocycles. The fraction of sp³-hybridized carbons (Fsp3) is 0.167. The topological polar surface area (TPSA) is 44.2 Å². The number of aryl methyl sites for hydroxylation is 1. The van der Waals surface area contributed by atoms with Gasteiger partial charge in [0.05, 0.1) is 17.8 Å². The smallest absolute Gasteiger partial charge is 0.325 e. The van der Waals surface area contributed by atoms with Gasteiger partial charge in [-0.3, -0.25) is 0 Å². The molecule has 1 aromatic carbocycles. The van der Waals surface area contributed by atoms with Crippen molar-refractivity contribution in [1.29, 1.82) is 0 Å². The molecule has 0 saturated carbocycles. The normalized spacial score (nSPS) is 10.2. The highest BCUT2D eigenvalue weighted by Gasteiger charge is 2.07. The number of benzene rings is 1. The molecule has 0 saturated heterocycles. The Morgan fingerprint density at radius 2 is 1.94 bits per heavy atom. The fourth-order valence-corrected chi connectivity index (χ4v) is 1.91. The lowest BCUT2D eigenvalue weighted by Gasteiger charge is -2.07. The molecule has 0 aliphatic carbocycles. The highest BCUT2D eigenvalue weighted by molar-refractivity contribution is 9.10. The van der Waals surface area contributed by atoms with Gasteiger partial charge in [0, 0.05) is 4.47 Å². The predicted molar refractivity (Wildman–Crippen MR) is 75.2 cm³/mol. The van der Waals surface area contributed by atoms with Crippen molar-refractivity contribution in [1.82, 2.24) is 9.97 Å². The molecule has 1 heterocycles. The van der Waals surface area contributed by atoms with Gasteiger partial charge >= 0.3 is 6.01 Å². The zero-order chi connectivity index (χ0) is 13.1. The molecule has 0 aliphatic rings. The van der Waals surface area contributed by atoms with Crippen LogP contribution in [0.1, 0.15) is 5.56 Å².